The molecule has 0 aromatic rings. The average molecular weight is 212 g/mol. The van der Waals surface area contributed by atoms with E-state index in [4.69, 9.17) is 5.84 Å². The van der Waals surface area contributed by atoms with Gasteiger partial charge in [0.2, 0.25) is 0 Å². The quantitative estimate of drug-likeness (QED) is 0.524. The summed E-state index contributed by atoms with van der Waals surface area (Å²) in [7, 11) is 0. The van der Waals surface area contributed by atoms with Crippen LogP contribution in [0, 0.1) is 17.8 Å². The topological polar surface area (TPSA) is 38.0 Å². The maximum Gasteiger partial charge on any atom is 0.0238 e. The third-order valence-corrected chi connectivity index (χ3v) is 3.82. The molecular weight excluding hydrogens is 184 g/mol. The predicted molar refractivity (Wildman–Crippen MR) is 66.3 cm³/mol. The molecule has 2 nitrogen and oxygen atoms in total. The normalized spacial score (nSPS) is 28.6. The summed E-state index contributed by atoms with van der Waals surface area (Å²) in [6.45, 7) is 6.95. The minimum absolute atomic E-state index is 0.564. The van der Waals surface area contributed by atoms with Gasteiger partial charge >= 0.3 is 0 Å². The van der Waals surface area contributed by atoms with E-state index in [9.17, 15) is 0 Å². The Balaban J connectivity index is 2.23. The number of nitrogens with two attached hydrogens (primary N) is 1. The van der Waals surface area contributed by atoms with E-state index in [1.165, 1.54) is 38.5 Å². The van der Waals surface area contributed by atoms with Crippen LogP contribution in [0.4, 0.5) is 0 Å². The van der Waals surface area contributed by atoms with Crippen LogP contribution in [0.5, 0.6) is 0 Å². The van der Waals surface area contributed by atoms with Crippen molar-refractivity contribution >= 4 is 0 Å². The SMILES string of the molecule is CC(C)CCCC(NN)C1CCC(C)C1. The van der Waals surface area contributed by atoms with E-state index in [0.29, 0.717) is 6.04 Å². The van der Waals surface area contributed by atoms with Crippen molar-refractivity contribution in [3.8, 4) is 0 Å². The summed E-state index contributed by atoms with van der Waals surface area (Å²) in [5.74, 6) is 8.23. The van der Waals surface area contributed by atoms with Gasteiger partial charge in [-0.1, -0.05) is 40.0 Å². The molecule has 0 bridgehead atoms. The van der Waals surface area contributed by atoms with Crippen molar-refractivity contribution in [3.05, 3.63) is 0 Å². The van der Waals surface area contributed by atoms with Gasteiger partial charge in [0.15, 0.2) is 0 Å². The van der Waals surface area contributed by atoms with Gasteiger partial charge in [-0.15, -0.1) is 0 Å². The van der Waals surface area contributed by atoms with E-state index in [-0.39, 0.29) is 0 Å². The number of rotatable bonds is 6. The lowest BCUT2D eigenvalue weighted by molar-refractivity contribution is 0.323. The van der Waals surface area contributed by atoms with E-state index < -0.39 is 0 Å². The van der Waals surface area contributed by atoms with E-state index in [2.05, 4.69) is 26.2 Å². The lowest BCUT2D eigenvalue weighted by atomic mass is 9.92. The third-order valence-electron chi connectivity index (χ3n) is 3.82. The van der Waals surface area contributed by atoms with Crippen LogP contribution in [-0.2, 0) is 0 Å². The van der Waals surface area contributed by atoms with Crippen molar-refractivity contribution in [3.63, 3.8) is 0 Å². The van der Waals surface area contributed by atoms with Crippen molar-refractivity contribution in [1.82, 2.24) is 5.43 Å². The molecule has 0 heterocycles. The van der Waals surface area contributed by atoms with Gasteiger partial charge in [-0.05, 0) is 37.0 Å². The second kappa shape index (κ2) is 6.49. The highest BCUT2D eigenvalue weighted by atomic mass is 15.2. The summed E-state index contributed by atoms with van der Waals surface area (Å²) in [4.78, 5) is 0. The van der Waals surface area contributed by atoms with Gasteiger partial charge in [0.25, 0.3) is 0 Å². The molecule has 3 N–H and O–H groups in total. The number of hydrogen-bond donors (Lipinski definition) is 2. The van der Waals surface area contributed by atoms with Crippen LogP contribution in [0.3, 0.4) is 0 Å². The Morgan fingerprint density at radius 3 is 2.47 bits per heavy atom. The molecule has 1 fully saturated rings. The summed E-state index contributed by atoms with van der Waals surface area (Å²) in [5.41, 5.74) is 3.04. The number of nitrogens with one attached hydrogen (secondary N) is 1. The molecule has 1 aliphatic carbocycles. The molecule has 3 atom stereocenters. The number of hydrogen-bond acceptors (Lipinski definition) is 2. The third kappa shape index (κ3) is 4.52. The first kappa shape index (κ1) is 13.0. The van der Waals surface area contributed by atoms with Gasteiger partial charge < -0.3 is 0 Å². The Kier molecular flexibility index (Phi) is 5.62. The molecule has 90 valence electrons. The van der Waals surface area contributed by atoms with Gasteiger partial charge in [-0.25, -0.2) is 0 Å². The highest BCUT2D eigenvalue weighted by Crippen LogP contribution is 2.33. The van der Waals surface area contributed by atoms with Gasteiger partial charge in [0, 0.05) is 6.04 Å². The minimum atomic E-state index is 0.564. The van der Waals surface area contributed by atoms with E-state index in [1.54, 1.807) is 0 Å². The molecule has 0 spiro atoms. The highest BCUT2D eigenvalue weighted by molar-refractivity contribution is 4.82. The largest absolute Gasteiger partial charge is 0.271 e. The smallest absolute Gasteiger partial charge is 0.0238 e. The summed E-state index contributed by atoms with van der Waals surface area (Å²) in [6.07, 6.45) is 8.05. The van der Waals surface area contributed by atoms with Crippen LogP contribution >= 0.6 is 0 Å². The van der Waals surface area contributed by atoms with Gasteiger partial charge in [0.1, 0.15) is 0 Å². The molecule has 0 saturated heterocycles. The zero-order chi connectivity index (χ0) is 11.3. The standard InChI is InChI=1S/C13H28N2/c1-10(2)5-4-6-13(15-14)12-8-7-11(3)9-12/h10-13,15H,4-9,14H2,1-3H3. The van der Waals surface area contributed by atoms with E-state index in [1.807, 2.05) is 0 Å². The molecule has 0 aliphatic heterocycles. The molecule has 2 heteroatoms. The fraction of sp³-hybridized carbons (Fsp3) is 1.00. The lowest BCUT2D eigenvalue weighted by Crippen LogP contribution is -2.40. The maximum absolute atomic E-state index is 5.66. The van der Waals surface area contributed by atoms with Crippen LogP contribution in [-0.4, -0.2) is 6.04 Å². The Morgan fingerprint density at radius 2 is 2.00 bits per heavy atom. The highest BCUT2D eigenvalue weighted by Gasteiger charge is 2.27. The fourth-order valence-corrected chi connectivity index (χ4v) is 2.82. The van der Waals surface area contributed by atoms with Crippen LogP contribution < -0.4 is 11.3 Å². The van der Waals surface area contributed by atoms with Crippen LogP contribution in [0.15, 0.2) is 0 Å². The second-order valence-electron chi connectivity index (χ2n) is 5.78. The van der Waals surface area contributed by atoms with Crippen molar-refractivity contribution in [2.24, 2.45) is 23.6 Å². The maximum atomic E-state index is 5.66. The Bertz CT molecular complexity index is 168. The molecular formula is C13H28N2. The van der Waals surface area contributed by atoms with Gasteiger partial charge in [0.05, 0.1) is 0 Å². The van der Waals surface area contributed by atoms with Gasteiger partial charge in [-0.3, -0.25) is 11.3 Å². The average Bonchev–Trinajstić information content (AvgIpc) is 2.59. The monoisotopic (exact) mass is 212 g/mol. The zero-order valence-corrected chi connectivity index (χ0v) is 10.6. The second-order valence-corrected chi connectivity index (χ2v) is 5.78. The Hall–Kier alpha value is -0.0800. The fourth-order valence-electron chi connectivity index (χ4n) is 2.82. The van der Waals surface area contributed by atoms with Crippen LogP contribution in [0.2, 0.25) is 0 Å². The first-order chi connectivity index (χ1) is 7.13. The van der Waals surface area contributed by atoms with Crippen molar-refractivity contribution in [2.45, 2.75) is 65.3 Å². The zero-order valence-electron chi connectivity index (χ0n) is 10.6. The summed E-state index contributed by atoms with van der Waals surface area (Å²) in [5, 5.41) is 0. The Labute approximate surface area is 95.0 Å². The first-order valence-corrected chi connectivity index (χ1v) is 6.59. The van der Waals surface area contributed by atoms with Crippen LogP contribution in [0.1, 0.15) is 59.3 Å². The van der Waals surface area contributed by atoms with Crippen molar-refractivity contribution < 1.29 is 0 Å². The first-order valence-electron chi connectivity index (χ1n) is 6.59. The molecule has 0 aromatic carbocycles. The molecule has 3 unspecified atom stereocenters. The predicted octanol–water partition coefficient (Wildman–Crippen LogP) is 3.08. The Morgan fingerprint density at radius 1 is 1.27 bits per heavy atom. The molecule has 0 radical (unpaired) electrons. The summed E-state index contributed by atoms with van der Waals surface area (Å²) in [6, 6.07) is 0.564. The van der Waals surface area contributed by atoms with E-state index >= 15 is 0 Å². The lowest BCUT2D eigenvalue weighted by Gasteiger charge is -2.23. The molecule has 15 heavy (non-hydrogen) atoms. The van der Waals surface area contributed by atoms with E-state index in [0.717, 1.165) is 17.8 Å². The molecule has 1 aliphatic rings. The van der Waals surface area contributed by atoms with Crippen molar-refractivity contribution in [1.29, 1.82) is 0 Å². The van der Waals surface area contributed by atoms with Crippen LogP contribution in [0.25, 0.3) is 0 Å². The summed E-state index contributed by atoms with van der Waals surface area (Å²) >= 11 is 0. The molecule has 0 amide bonds. The van der Waals surface area contributed by atoms with Crippen molar-refractivity contribution in [2.75, 3.05) is 0 Å². The molecule has 1 rings (SSSR count). The summed E-state index contributed by atoms with van der Waals surface area (Å²) < 4.78 is 0. The molecule has 1 saturated carbocycles. The molecule has 0 aromatic heterocycles. The minimum Gasteiger partial charge on any atom is -0.271 e. The van der Waals surface area contributed by atoms with Gasteiger partial charge in [-0.2, -0.15) is 0 Å². The number of hydrazine groups is 1.